The second-order valence-electron chi connectivity index (χ2n) is 3.43. The summed E-state index contributed by atoms with van der Waals surface area (Å²) in [6.07, 6.45) is 0. The van der Waals surface area contributed by atoms with Gasteiger partial charge in [0.1, 0.15) is 0 Å². The van der Waals surface area contributed by atoms with Crippen LogP contribution in [0.4, 0.5) is 11.4 Å². The zero-order valence-electron chi connectivity index (χ0n) is 9.49. The fraction of sp³-hybridized carbons (Fsp3) is 0.364. The van der Waals surface area contributed by atoms with Gasteiger partial charge in [0.15, 0.2) is 5.96 Å². The minimum Gasteiger partial charge on any atom is -0.378 e. The number of aliphatic imine (C=N–C) groups is 1. The number of nitrogens with one attached hydrogen (secondary N) is 1. The van der Waals surface area contributed by atoms with Gasteiger partial charge in [0.05, 0.1) is 0 Å². The quantitative estimate of drug-likeness (QED) is 0.582. The highest BCUT2D eigenvalue weighted by atomic mass is 15.1. The van der Waals surface area contributed by atoms with Crippen LogP contribution in [0.2, 0.25) is 0 Å². The van der Waals surface area contributed by atoms with E-state index in [0.717, 1.165) is 11.4 Å². The molecule has 0 atom stereocenters. The average molecular weight is 206 g/mol. The number of nitrogens with zero attached hydrogens (tertiary/aromatic N) is 2. The Labute approximate surface area is 90.8 Å². The van der Waals surface area contributed by atoms with Gasteiger partial charge in [-0.25, -0.2) is 0 Å². The summed E-state index contributed by atoms with van der Waals surface area (Å²) in [7, 11) is 4.01. The molecule has 15 heavy (non-hydrogen) atoms. The van der Waals surface area contributed by atoms with Crippen LogP contribution in [0.15, 0.2) is 29.3 Å². The summed E-state index contributed by atoms with van der Waals surface area (Å²) in [6.45, 7) is 2.64. The van der Waals surface area contributed by atoms with Gasteiger partial charge in [-0.15, -0.1) is 0 Å². The van der Waals surface area contributed by atoms with Gasteiger partial charge in [-0.2, -0.15) is 0 Å². The third-order valence-corrected chi connectivity index (χ3v) is 1.96. The summed E-state index contributed by atoms with van der Waals surface area (Å²) in [6, 6.07) is 8.01. The molecule has 0 aliphatic rings. The van der Waals surface area contributed by atoms with Gasteiger partial charge in [0, 0.05) is 32.0 Å². The molecule has 0 saturated heterocycles. The number of guanidine groups is 1. The molecule has 1 aromatic rings. The van der Waals surface area contributed by atoms with Crippen LogP contribution in [0.3, 0.4) is 0 Å². The standard InChI is InChI=1S/C11H18N4/c1-4-13-11(12)14-9-6-5-7-10(8-9)15(2)3/h5-8H,4H2,1-3H3,(H3,12,13,14). The van der Waals surface area contributed by atoms with Crippen molar-refractivity contribution in [2.45, 2.75) is 6.92 Å². The van der Waals surface area contributed by atoms with Crippen LogP contribution < -0.4 is 16.0 Å². The Bertz CT molecular complexity index is 344. The first-order valence-electron chi connectivity index (χ1n) is 4.98. The van der Waals surface area contributed by atoms with Crippen molar-refractivity contribution >= 4 is 17.3 Å². The summed E-state index contributed by atoms with van der Waals surface area (Å²) >= 11 is 0. The highest BCUT2D eigenvalue weighted by Gasteiger charge is 1.98. The number of benzene rings is 1. The third kappa shape index (κ3) is 3.50. The normalized spacial score (nSPS) is 11.3. The van der Waals surface area contributed by atoms with E-state index in [2.05, 4.69) is 10.3 Å². The Kier molecular flexibility index (Phi) is 3.97. The van der Waals surface area contributed by atoms with Gasteiger partial charge < -0.3 is 16.0 Å². The van der Waals surface area contributed by atoms with E-state index in [9.17, 15) is 0 Å². The molecule has 4 nitrogen and oxygen atoms in total. The highest BCUT2D eigenvalue weighted by Crippen LogP contribution is 2.16. The summed E-state index contributed by atoms with van der Waals surface area (Å²) in [5.74, 6) is 0.452. The van der Waals surface area contributed by atoms with Gasteiger partial charge in [-0.05, 0) is 25.1 Å². The SMILES string of the molecule is CCN=C(N)Nc1cccc(N(C)C)c1. The lowest BCUT2D eigenvalue weighted by Gasteiger charge is -2.14. The molecule has 0 amide bonds. The maximum absolute atomic E-state index is 5.67. The van der Waals surface area contributed by atoms with Crippen LogP contribution in [0, 0.1) is 0 Å². The van der Waals surface area contributed by atoms with Crippen LogP contribution >= 0.6 is 0 Å². The summed E-state index contributed by atoms with van der Waals surface area (Å²) in [5, 5.41) is 3.04. The van der Waals surface area contributed by atoms with Crippen molar-refractivity contribution in [3.05, 3.63) is 24.3 Å². The fourth-order valence-electron chi connectivity index (χ4n) is 1.22. The summed E-state index contributed by atoms with van der Waals surface area (Å²) in [5.41, 5.74) is 7.75. The predicted octanol–water partition coefficient (Wildman–Crippen LogP) is 1.50. The maximum Gasteiger partial charge on any atom is 0.193 e. The molecule has 0 saturated carbocycles. The van der Waals surface area contributed by atoms with Crippen LogP contribution in [-0.2, 0) is 0 Å². The maximum atomic E-state index is 5.67. The van der Waals surface area contributed by atoms with Crippen molar-refractivity contribution in [1.82, 2.24) is 0 Å². The lowest BCUT2D eigenvalue weighted by atomic mass is 10.2. The topological polar surface area (TPSA) is 53.6 Å². The van der Waals surface area contributed by atoms with E-state index in [1.165, 1.54) is 0 Å². The molecule has 1 aromatic carbocycles. The van der Waals surface area contributed by atoms with Gasteiger partial charge in [0.2, 0.25) is 0 Å². The first-order valence-corrected chi connectivity index (χ1v) is 4.98. The minimum atomic E-state index is 0.452. The van der Waals surface area contributed by atoms with E-state index in [1.807, 2.05) is 50.2 Å². The second-order valence-corrected chi connectivity index (χ2v) is 3.43. The van der Waals surface area contributed by atoms with Crippen LogP contribution in [0.25, 0.3) is 0 Å². The van der Waals surface area contributed by atoms with Crippen molar-refractivity contribution in [1.29, 1.82) is 0 Å². The first kappa shape index (κ1) is 11.4. The smallest absolute Gasteiger partial charge is 0.193 e. The van der Waals surface area contributed by atoms with Gasteiger partial charge in [-0.3, -0.25) is 4.99 Å². The van der Waals surface area contributed by atoms with E-state index < -0.39 is 0 Å². The van der Waals surface area contributed by atoms with E-state index in [0.29, 0.717) is 12.5 Å². The molecule has 4 heteroatoms. The fourth-order valence-corrected chi connectivity index (χ4v) is 1.22. The molecule has 0 unspecified atom stereocenters. The zero-order chi connectivity index (χ0) is 11.3. The summed E-state index contributed by atoms with van der Waals surface area (Å²) < 4.78 is 0. The van der Waals surface area contributed by atoms with Crippen molar-refractivity contribution in [2.75, 3.05) is 30.9 Å². The Morgan fingerprint density at radius 2 is 2.20 bits per heavy atom. The van der Waals surface area contributed by atoms with E-state index in [4.69, 9.17) is 5.73 Å². The molecule has 0 heterocycles. The number of anilines is 2. The van der Waals surface area contributed by atoms with Crippen LogP contribution in [-0.4, -0.2) is 26.6 Å². The molecular weight excluding hydrogens is 188 g/mol. The molecule has 0 aliphatic heterocycles. The molecule has 3 N–H and O–H groups in total. The number of rotatable bonds is 3. The number of nitrogens with two attached hydrogens (primary N) is 1. The molecule has 0 aliphatic carbocycles. The Hall–Kier alpha value is -1.71. The lowest BCUT2D eigenvalue weighted by Crippen LogP contribution is -2.22. The molecule has 0 aromatic heterocycles. The first-order chi connectivity index (χ1) is 7.13. The second kappa shape index (κ2) is 5.24. The Morgan fingerprint density at radius 3 is 2.80 bits per heavy atom. The predicted molar refractivity (Wildman–Crippen MR) is 66.6 cm³/mol. The summed E-state index contributed by atoms with van der Waals surface area (Å²) in [4.78, 5) is 6.10. The van der Waals surface area contributed by atoms with Crippen molar-refractivity contribution in [2.24, 2.45) is 10.7 Å². The van der Waals surface area contributed by atoms with Crippen molar-refractivity contribution in [3.8, 4) is 0 Å². The van der Waals surface area contributed by atoms with E-state index in [-0.39, 0.29) is 0 Å². The molecule has 1 rings (SSSR count). The number of hydrogen-bond acceptors (Lipinski definition) is 2. The number of hydrogen-bond donors (Lipinski definition) is 2. The molecule has 0 bridgehead atoms. The van der Waals surface area contributed by atoms with E-state index >= 15 is 0 Å². The zero-order valence-corrected chi connectivity index (χ0v) is 9.49. The Morgan fingerprint density at radius 1 is 1.47 bits per heavy atom. The lowest BCUT2D eigenvalue weighted by molar-refractivity contribution is 1.12. The van der Waals surface area contributed by atoms with E-state index in [1.54, 1.807) is 0 Å². The van der Waals surface area contributed by atoms with Crippen LogP contribution in [0.5, 0.6) is 0 Å². The largest absolute Gasteiger partial charge is 0.378 e. The van der Waals surface area contributed by atoms with Crippen LogP contribution in [0.1, 0.15) is 6.92 Å². The highest BCUT2D eigenvalue weighted by molar-refractivity contribution is 5.92. The van der Waals surface area contributed by atoms with Gasteiger partial charge >= 0.3 is 0 Å². The molecule has 0 spiro atoms. The molecule has 82 valence electrons. The van der Waals surface area contributed by atoms with Crippen molar-refractivity contribution < 1.29 is 0 Å². The molecular formula is C11H18N4. The van der Waals surface area contributed by atoms with Gasteiger partial charge in [0.25, 0.3) is 0 Å². The average Bonchev–Trinajstić information content (AvgIpc) is 2.18. The molecule has 0 fully saturated rings. The Balaban J connectivity index is 2.78. The minimum absolute atomic E-state index is 0.452. The third-order valence-electron chi connectivity index (χ3n) is 1.96. The monoisotopic (exact) mass is 206 g/mol. The van der Waals surface area contributed by atoms with Gasteiger partial charge in [-0.1, -0.05) is 6.07 Å². The van der Waals surface area contributed by atoms with Crippen molar-refractivity contribution in [3.63, 3.8) is 0 Å². The molecule has 0 radical (unpaired) electrons.